The Balaban J connectivity index is 2.00. The standard InChI is InChI=1S/C21H28N2O3/c1-5-7-8-9-16(6-2)14-22-21(24)23-11-10-17-12-19(25-3)20(26-4)13-18(17)15-23/h5-9,12-13H,10-11,14-15H2,1-4H3,(H,22,24)/b7-5-,9-8-,16-6+. The molecule has 0 aromatic heterocycles. The van der Waals surface area contributed by atoms with Crippen molar-refractivity contribution in [3.8, 4) is 11.5 Å². The van der Waals surface area contributed by atoms with Gasteiger partial charge in [-0.05, 0) is 49.1 Å². The number of carbonyl (C=O) groups is 1. The number of allylic oxidation sites excluding steroid dienone is 4. The molecule has 1 aliphatic heterocycles. The van der Waals surface area contributed by atoms with E-state index in [2.05, 4.69) is 5.32 Å². The maximum atomic E-state index is 12.5. The first-order valence-corrected chi connectivity index (χ1v) is 8.84. The van der Waals surface area contributed by atoms with Gasteiger partial charge in [0.1, 0.15) is 0 Å². The molecule has 1 heterocycles. The summed E-state index contributed by atoms with van der Waals surface area (Å²) in [5.74, 6) is 1.42. The molecule has 0 radical (unpaired) electrons. The Morgan fingerprint density at radius 1 is 1.15 bits per heavy atom. The quantitative estimate of drug-likeness (QED) is 0.788. The third-order valence-electron chi connectivity index (χ3n) is 4.43. The van der Waals surface area contributed by atoms with E-state index in [9.17, 15) is 4.79 Å². The van der Waals surface area contributed by atoms with Gasteiger partial charge in [-0.15, -0.1) is 0 Å². The Bertz CT molecular complexity index is 720. The first kappa shape index (κ1) is 19.6. The highest BCUT2D eigenvalue weighted by molar-refractivity contribution is 5.75. The molecule has 0 unspecified atom stereocenters. The van der Waals surface area contributed by atoms with Crippen LogP contribution in [0.3, 0.4) is 0 Å². The smallest absolute Gasteiger partial charge is 0.317 e. The van der Waals surface area contributed by atoms with E-state index in [4.69, 9.17) is 9.47 Å². The first-order valence-electron chi connectivity index (χ1n) is 8.84. The summed E-state index contributed by atoms with van der Waals surface area (Å²) < 4.78 is 10.7. The number of hydrogen-bond acceptors (Lipinski definition) is 3. The van der Waals surface area contributed by atoms with Gasteiger partial charge in [-0.25, -0.2) is 4.79 Å². The number of nitrogens with zero attached hydrogens (tertiary/aromatic N) is 1. The molecule has 0 saturated carbocycles. The largest absolute Gasteiger partial charge is 0.493 e. The number of ether oxygens (including phenoxy) is 2. The summed E-state index contributed by atoms with van der Waals surface area (Å²) in [6.07, 6.45) is 10.7. The Morgan fingerprint density at radius 2 is 1.85 bits per heavy atom. The zero-order valence-electron chi connectivity index (χ0n) is 16.0. The van der Waals surface area contributed by atoms with Crippen LogP contribution >= 0.6 is 0 Å². The van der Waals surface area contributed by atoms with Crippen molar-refractivity contribution >= 4 is 6.03 Å². The third kappa shape index (κ3) is 4.91. The number of hydrogen-bond donors (Lipinski definition) is 1. The zero-order valence-corrected chi connectivity index (χ0v) is 16.0. The van der Waals surface area contributed by atoms with Crippen LogP contribution in [-0.2, 0) is 13.0 Å². The molecule has 0 saturated heterocycles. The molecular weight excluding hydrogens is 328 g/mol. The number of rotatable bonds is 6. The van der Waals surface area contributed by atoms with E-state index in [0.717, 1.165) is 23.3 Å². The van der Waals surface area contributed by atoms with Crippen molar-refractivity contribution in [1.29, 1.82) is 0 Å². The van der Waals surface area contributed by atoms with Crippen LogP contribution in [0.5, 0.6) is 11.5 Å². The van der Waals surface area contributed by atoms with Crippen molar-refractivity contribution in [3.63, 3.8) is 0 Å². The summed E-state index contributed by atoms with van der Waals surface area (Å²) in [5.41, 5.74) is 3.37. The van der Waals surface area contributed by atoms with Crippen LogP contribution in [0.1, 0.15) is 25.0 Å². The summed E-state index contributed by atoms with van der Waals surface area (Å²) in [6, 6.07) is 3.92. The molecule has 0 spiro atoms. The van der Waals surface area contributed by atoms with Crippen molar-refractivity contribution in [1.82, 2.24) is 10.2 Å². The molecule has 2 amide bonds. The second-order valence-electron chi connectivity index (χ2n) is 6.05. The lowest BCUT2D eigenvalue weighted by Crippen LogP contribution is -2.43. The topological polar surface area (TPSA) is 50.8 Å². The molecule has 1 aromatic rings. The summed E-state index contributed by atoms with van der Waals surface area (Å²) in [4.78, 5) is 14.4. The number of nitrogens with one attached hydrogen (secondary N) is 1. The summed E-state index contributed by atoms with van der Waals surface area (Å²) in [7, 11) is 3.26. The van der Waals surface area contributed by atoms with Gasteiger partial charge in [0, 0.05) is 19.6 Å². The van der Waals surface area contributed by atoms with E-state index in [1.807, 2.05) is 61.3 Å². The van der Waals surface area contributed by atoms with Crippen LogP contribution in [-0.4, -0.2) is 38.2 Å². The Morgan fingerprint density at radius 3 is 2.46 bits per heavy atom. The molecule has 1 aliphatic rings. The number of amides is 2. The molecular formula is C21H28N2O3. The minimum atomic E-state index is -0.0516. The SMILES string of the molecule is C\C=C/C=C\C(=C/C)CNC(=O)N1CCc2cc(OC)c(OC)cc2C1. The molecule has 26 heavy (non-hydrogen) atoms. The highest BCUT2D eigenvalue weighted by Crippen LogP contribution is 2.33. The predicted molar refractivity (Wildman–Crippen MR) is 105 cm³/mol. The number of methoxy groups -OCH3 is 2. The van der Waals surface area contributed by atoms with Crippen molar-refractivity contribution in [3.05, 3.63) is 59.2 Å². The Hall–Kier alpha value is -2.69. The van der Waals surface area contributed by atoms with Crippen LogP contribution in [0.25, 0.3) is 0 Å². The maximum Gasteiger partial charge on any atom is 0.317 e. The molecule has 0 aliphatic carbocycles. The van der Waals surface area contributed by atoms with Gasteiger partial charge < -0.3 is 19.7 Å². The van der Waals surface area contributed by atoms with Crippen molar-refractivity contribution in [2.75, 3.05) is 27.3 Å². The van der Waals surface area contributed by atoms with Gasteiger partial charge in [0.15, 0.2) is 11.5 Å². The number of urea groups is 1. The van der Waals surface area contributed by atoms with E-state index in [0.29, 0.717) is 25.4 Å². The van der Waals surface area contributed by atoms with E-state index in [1.54, 1.807) is 14.2 Å². The van der Waals surface area contributed by atoms with Crippen LogP contribution in [0.2, 0.25) is 0 Å². The molecule has 1 aromatic carbocycles. The van der Waals surface area contributed by atoms with Crippen LogP contribution in [0, 0.1) is 0 Å². The molecule has 5 heteroatoms. The molecule has 0 fully saturated rings. The van der Waals surface area contributed by atoms with Crippen molar-refractivity contribution in [2.45, 2.75) is 26.8 Å². The first-order chi connectivity index (χ1) is 12.6. The second kappa shape index (κ2) is 9.70. The maximum absolute atomic E-state index is 12.5. The zero-order chi connectivity index (χ0) is 18.9. The van der Waals surface area contributed by atoms with Gasteiger partial charge in [0.25, 0.3) is 0 Å². The average Bonchev–Trinajstić information content (AvgIpc) is 2.68. The van der Waals surface area contributed by atoms with E-state index in [1.165, 1.54) is 5.56 Å². The third-order valence-corrected chi connectivity index (χ3v) is 4.43. The normalized spacial score (nSPS) is 14.6. The molecule has 0 atom stereocenters. The number of carbonyl (C=O) groups excluding carboxylic acids is 1. The van der Waals surface area contributed by atoms with Crippen molar-refractivity contribution in [2.24, 2.45) is 0 Å². The average molecular weight is 356 g/mol. The number of benzene rings is 1. The van der Waals surface area contributed by atoms with E-state index < -0.39 is 0 Å². The lowest BCUT2D eigenvalue weighted by molar-refractivity contribution is 0.193. The fourth-order valence-corrected chi connectivity index (χ4v) is 2.89. The summed E-state index contributed by atoms with van der Waals surface area (Å²) >= 11 is 0. The fraction of sp³-hybridized carbons (Fsp3) is 0.381. The lowest BCUT2D eigenvalue weighted by atomic mass is 9.99. The summed E-state index contributed by atoms with van der Waals surface area (Å²) in [5, 5.41) is 3.00. The van der Waals surface area contributed by atoms with Gasteiger partial charge in [0.2, 0.25) is 0 Å². The van der Waals surface area contributed by atoms with Crippen molar-refractivity contribution < 1.29 is 14.3 Å². The van der Waals surface area contributed by atoms with Crippen LogP contribution < -0.4 is 14.8 Å². The highest BCUT2D eigenvalue weighted by atomic mass is 16.5. The van der Waals surface area contributed by atoms with Gasteiger partial charge in [-0.3, -0.25) is 0 Å². The van der Waals surface area contributed by atoms with Gasteiger partial charge in [-0.2, -0.15) is 0 Å². The Kier molecular flexibility index (Phi) is 7.33. The highest BCUT2D eigenvalue weighted by Gasteiger charge is 2.22. The van der Waals surface area contributed by atoms with Gasteiger partial charge in [0.05, 0.1) is 14.2 Å². The van der Waals surface area contributed by atoms with Crippen LogP contribution in [0.4, 0.5) is 4.79 Å². The van der Waals surface area contributed by atoms with Gasteiger partial charge >= 0.3 is 6.03 Å². The monoisotopic (exact) mass is 356 g/mol. The Labute approximate surface area is 156 Å². The minimum Gasteiger partial charge on any atom is -0.493 e. The van der Waals surface area contributed by atoms with E-state index in [-0.39, 0.29) is 6.03 Å². The summed E-state index contributed by atoms with van der Waals surface area (Å²) in [6.45, 7) is 5.71. The van der Waals surface area contributed by atoms with Gasteiger partial charge in [-0.1, -0.05) is 30.4 Å². The van der Waals surface area contributed by atoms with Crippen LogP contribution in [0.15, 0.2) is 48.1 Å². The molecule has 1 N–H and O–H groups in total. The molecule has 0 bridgehead atoms. The molecule has 5 nitrogen and oxygen atoms in total. The minimum absolute atomic E-state index is 0.0516. The number of fused-ring (bicyclic) bond motifs is 1. The molecule has 140 valence electrons. The molecule has 2 rings (SSSR count). The van der Waals surface area contributed by atoms with E-state index >= 15 is 0 Å². The second-order valence-corrected chi connectivity index (χ2v) is 6.05. The lowest BCUT2D eigenvalue weighted by Gasteiger charge is -2.29. The fourth-order valence-electron chi connectivity index (χ4n) is 2.89. The predicted octanol–water partition coefficient (Wildman–Crippen LogP) is 3.85.